The Morgan fingerprint density at radius 3 is 1.43 bits per heavy atom. The van der Waals surface area contributed by atoms with E-state index in [9.17, 15) is 16.8 Å². The largest absolute Gasteiger partial charge is 0.209 e. The topological polar surface area (TPSA) is 68.3 Å². The molecular formula is C6H10O4S4. The van der Waals surface area contributed by atoms with Gasteiger partial charge in [-0.25, -0.2) is 0 Å². The van der Waals surface area contributed by atoms with Crippen molar-refractivity contribution < 1.29 is 16.8 Å². The standard InChI is InChI=1S/C6H10O4S4/c7-13(8)5-1-3-11-12-4-2-6-14(9)10/h5-6H,1-4H2. The average molecular weight is 274 g/mol. The lowest BCUT2D eigenvalue weighted by Gasteiger charge is -1.93. The lowest BCUT2D eigenvalue weighted by atomic mass is 10.6. The van der Waals surface area contributed by atoms with E-state index in [2.05, 4.69) is 0 Å². The first kappa shape index (κ1) is 14.1. The lowest BCUT2D eigenvalue weighted by Crippen LogP contribution is -1.82. The van der Waals surface area contributed by atoms with E-state index in [1.165, 1.54) is 32.3 Å². The van der Waals surface area contributed by atoms with Crippen LogP contribution in [-0.2, 0) is 20.6 Å². The minimum absolute atomic E-state index is 0.519. The molecule has 0 fully saturated rings. The minimum atomic E-state index is -2.07. The molecular weight excluding hydrogens is 264 g/mol. The summed E-state index contributed by atoms with van der Waals surface area (Å²) in [5, 5.41) is 2.43. The second-order valence-electron chi connectivity index (χ2n) is 2.08. The van der Waals surface area contributed by atoms with E-state index < -0.39 is 20.6 Å². The van der Waals surface area contributed by atoms with Gasteiger partial charge in [-0.2, -0.15) is 16.8 Å². The Balaban J connectivity index is 3.31. The SMILES string of the molecule is O=S(=O)=CCCSSCCC=S(=O)=O. The molecule has 82 valence electrons. The van der Waals surface area contributed by atoms with Crippen molar-refractivity contribution in [2.45, 2.75) is 12.8 Å². The number of hydrogen-bond acceptors (Lipinski definition) is 6. The van der Waals surface area contributed by atoms with Crippen molar-refractivity contribution >= 4 is 52.9 Å². The van der Waals surface area contributed by atoms with Gasteiger partial charge in [0, 0.05) is 22.2 Å². The Kier molecular flexibility index (Phi) is 9.68. The third kappa shape index (κ3) is 12.1. The van der Waals surface area contributed by atoms with E-state index in [1.807, 2.05) is 0 Å². The highest BCUT2D eigenvalue weighted by atomic mass is 33.1. The summed E-state index contributed by atoms with van der Waals surface area (Å²) in [7, 11) is -1.06. The summed E-state index contributed by atoms with van der Waals surface area (Å²) in [6.45, 7) is 0. The monoisotopic (exact) mass is 274 g/mol. The third-order valence-electron chi connectivity index (χ3n) is 0.994. The molecule has 0 rings (SSSR count). The molecule has 0 saturated heterocycles. The molecule has 0 aliphatic rings. The summed E-state index contributed by atoms with van der Waals surface area (Å²) in [4.78, 5) is 0. The van der Waals surface area contributed by atoms with E-state index in [0.29, 0.717) is 12.8 Å². The van der Waals surface area contributed by atoms with Gasteiger partial charge in [0.1, 0.15) is 0 Å². The molecule has 0 aromatic heterocycles. The highest BCUT2D eigenvalue weighted by Gasteiger charge is 1.89. The van der Waals surface area contributed by atoms with Crippen LogP contribution >= 0.6 is 21.6 Å². The van der Waals surface area contributed by atoms with Crippen LogP contribution in [-0.4, -0.2) is 39.1 Å². The van der Waals surface area contributed by atoms with Crippen LogP contribution in [0.1, 0.15) is 12.8 Å². The average Bonchev–Trinajstić information content (AvgIpc) is 2.08. The van der Waals surface area contributed by atoms with Gasteiger partial charge in [0.25, 0.3) is 0 Å². The Morgan fingerprint density at radius 2 is 1.14 bits per heavy atom. The molecule has 0 saturated carbocycles. The second kappa shape index (κ2) is 9.63. The first-order valence-corrected chi connectivity index (χ1v) is 8.46. The maximum Gasteiger partial charge on any atom is 0.209 e. The maximum atomic E-state index is 10.1. The summed E-state index contributed by atoms with van der Waals surface area (Å²) < 4.78 is 40.3. The molecule has 0 N–H and O–H groups in total. The van der Waals surface area contributed by atoms with Crippen molar-refractivity contribution in [1.82, 2.24) is 0 Å². The maximum absolute atomic E-state index is 10.1. The van der Waals surface area contributed by atoms with Crippen LogP contribution in [0.5, 0.6) is 0 Å². The molecule has 0 aliphatic heterocycles. The molecule has 0 bridgehead atoms. The quantitative estimate of drug-likeness (QED) is 0.383. The molecule has 0 unspecified atom stereocenters. The first-order chi connectivity index (χ1) is 6.63. The smallest absolute Gasteiger partial charge is 0.185 e. The Hall–Kier alpha value is 0.0800. The van der Waals surface area contributed by atoms with Crippen molar-refractivity contribution in [3.63, 3.8) is 0 Å². The predicted molar refractivity (Wildman–Crippen MR) is 64.1 cm³/mol. The van der Waals surface area contributed by atoms with Gasteiger partial charge >= 0.3 is 0 Å². The summed E-state index contributed by atoms with van der Waals surface area (Å²) in [5.41, 5.74) is 0. The van der Waals surface area contributed by atoms with Gasteiger partial charge in [-0.3, -0.25) is 0 Å². The molecule has 0 aliphatic carbocycles. The first-order valence-electron chi connectivity index (χ1n) is 3.70. The van der Waals surface area contributed by atoms with Crippen LogP contribution in [0.3, 0.4) is 0 Å². The molecule has 4 nitrogen and oxygen atoms in total. The molecule has 0 aromatic rings. The Labute approximate surface area is 93.9 Å². The van der Waals surface area contributed by atoms with Gasteiger partial charge in [0.05, 0.1) is 0 Å². The van der Waals surface area contributed by atoms with Crippen molar-refractivity contribution in [1.29, 1.82) is 0 Å². The normalized spacial score (nSPS) is 9.43. The van der Waals surface area contributed by atoms with E-state index in [4.69, 9.17) is 0 Å². The zero-order chi connectivity index (χ0) is 10.8. The summed E-state index contributed by atoms with van der Waals surface area (Å²) in [6, 6.07) is 0. The van der Waals surface area contributed by atoms with Crippen molar-refractivity contribution in [2.24, 2.45) is 0 Å². The van der Waals surface area contributed by atoms with E-state index in [0.717, 1.165) is 11.5 Å². The summed E-state index contributed by atoms with van der Waals surface area (Å²) in [6.07, 6.45) is 1.04. The highest BCUT2D eigenvalue weighted by molar-refractivity contribution is 8.76. The fraction of sp³-hybridized carbons (Fsp3) is 0.667. The molecule has 0 amide bonds. The number of hydrogen-bond donors (Lipinski definition) is 0. The minimum Gasteiger partial charge on any atom is -0.185 e. The fourth-order valence-corrected chi connectivity index (χ4v) is 3.37. The highest BCUT2D eigenvalue weighted by Crippen LogP contribution is 2.21. The van der Waals surface area contributed by atoms with Gasteiger partial charge in [0.15, 0.2) is 0 Å². The molecule has 0 heterocycles. The van der Waals surface area contributed by atoms with Crippen molar-refractivity contribution in [2.75, 3.05) is 11.5 Å². The van der Waals surface area contributed by atoms with Gasteiger partial charge in [-0.15, -0.1) is 0 Å². The molecule has 0 radical (unpaired) electrons. The lowest BCUT2D eigenvalue weighted by molar-refractivity contribution is 0.625. The summed E-state index contributed by atoms with van der Waals surface area (Å²) in [5.74, 6) is 1.44. The Morgan fingerprint density at radius 1 is 0.786 bits per heavy atom. The van der Waals surface area contributed by atoms with Crippen LogP contribution in [0, 0.1) is 0 Å². The second-order valence-corrected chi connectivity index (χ2v) is 6.49. The van der Waals surface area contributed by atoms with Gasteiger partial charge < -0.3 is 0 Å². The molecule has 0 aromatic carbocycles. The van der Waals surface area contributed by atoms with E-state index in [1.54, 1.807) is 0 Å². The fourth-order valence-electron chi connectivity index (χ4n) is 0.503. The number of rotatable bonds is 7. The zero-order valence-electron chi connectivity index (χ0n) is 7.25. The third-order valence-corrected chi connectivity index (χ3v) is 4.48. The molecule has 8 heteroatoms. The van der Waals surface area contributed by atoms with Crippen molar-refractivity contribution in [3.8, 4) is 0 Å². The van der Waals surface area contributed by atoms with Crippen LogP contribution in [0.15, 0.2) is 0 Å². The zero-order valence-corrected chi connectivity index (χ0v) is 10.5. The predicted octanol–water partition coefficient (Wildman–Crippen LogP) is 0.511. The van der Waals surface area contributed by atoms with Crippen LogP contribution in [0.25, 0.3) is 0 Å². The van der Waals surface area contributed by atoms with Crippen LogP contribution in [0.4, 0.5) is 0 Å². The van der Waals surface area contributed by atoms with Crippen LogP contribution in [0.2, 0.25) is 0 Å². The van der Waals surface area contributed by atoms with Gasteiger partial charge in [-0.05, 0) is 12.8 Å². The van der Waals surface area contributed by atoms with Crippen LogP contribution < -0.4 is 0 Å². The van der Waals surface area contributed by atoms with Gasteiger partial charge in [-0.1, -0.05) is 21.6 Å². The Bertz CT molecular complexity index is 336. The summed E-state index contributed by atoms with van der Waals surface area (Å²) >= 11 is 0. The molecule has 0 spiro atoms. The van der Waals surface area contributed by atoms with E-state index >= 15 is 0 Å². The van der Waals surface area contributed by atoms with Crippen molar-refractivity contribution in [3.05, 3.63) is 0 Å². The van der Waals surface area contributed by atoms with E-state index in [-0.39, 0.29) is 0 Å². The molecule has 0 atom stereocenters. The molecule has 14 heavy (non-hydrogen) atoms. The van der Waals surface area contributed by atoms with Gasteiger partial charge in [0.2, 0.25) is 20.6 Å².